The molecule has 1 aliphatic rings. The van der Waals surface area contributed by atoms with E-state index in [9.17, 15) is 0 Å². The molecule has 170 valence electrons. The number of nitrogens with zero attached hydrogens (tertiary/aromatic N) is 3. The van der Waals surface area contributed by atoms with Crippen LogP contribution in [0.4, 0.5) is 15.8 Å². The first-order chi connectivity index (χ1) is 16.7. The van der Waals surface area contributed by atoms with Crippen molar-refractivity contribution in [3.8, 4) is 11.1 Å². The molecule has 5 nitrogen and oxygen atoms in total. The van der Waals surface area contributed by atoms with Crippen LogP contribution in [0.3, 0.4) is 0 Å². The Labute approximate surface area is 200 Å². The van der Waals surface area contributed by atoms with Gasteiger partial charge in [0, 0.05) is 48.2 Å². The Morgan fingerprint density at radius 3 is 2.74 bits per heavy atom. The first kappa shape index (κ1) is 21.2. The molecule has 3 heterocycles. The lowest BCUT2D eigenvalue weighted by Gasteiger charge is -2.26. The van der Waals surface area contributed by atoms with Crippen LogP contribution in [-0.2, 0) is 11.3 Å². The van der Waals surface area contributed by atoms with E-state index in [1.807, 2.05) is 48.0 Å². The number of morpholine rings is 1. The van der Waals surface area contributed by atoms with Crippen LogP contribution in [0, 0.1) is 5.82 Å². The molecular weight excluding hydrogens is 447 g/mol. The highest BCUT2D eigenvalue weighted by Gasteiger charge is 2.13. The Morgan fingerprint density at radius 2 is 1.85 bits per heavy atom. The SMILES string of the molecule is Fc1cc(CN2CCOCC2)ccc1-c1ccc2c(Nc3ccc4scnc4c3)ccnc2c1. The molecule has 0 amide bonds. The van der Waals surface area contributed by atoms with Crippen LogP contribution in [0.2, 0.25) is 0 Å². The average molecular weight is 471 g/mol. The second-order valence-corrected chi connectivity index (χ2v) is 9.34. The number of ether oxygens (including phenoxy) is 1. The summed E-state index contributed by atoms with van der Waals surface area (Å²) in [6.45, 7) is 3.98. The van der Waals surface area contributed by atoms with E-state index in [2.05, 4.69) is 32.3 Å². The highest BCUT2D eigenvalue weighted by atomic mass is 32.1. The van der Waals surface area contributed by atoms with Gasteiger partial charge < -0.3 is 10.1 Å². The summed E-state index contributed by atoms with van der Waals surface area (Å²) in [5, 5.41) is 4.46. The van der Waals surface area contributed by atoms with Crippen molar-refractivity contribution in [2.75, 3.05) is 31.6 Å². The van der Waals surface area contributed by atoms with E-state index in [0.29, 0.717) is 5.56 Å². The number of pyridine rings is 1. The van der Waals surface area contributed by atoms with Crippen LogP contribution in [0.25, 0.3) is 32.2 Å². The Balaban J connectivity index is 1.27. The molecule has 7 heteroatoms. The summed E-state index contributed by atoms with van der Waals surface area (Å²) in [5.74, 6) is -0.212. The van der Waals surface area contributed by atoms with Crippen molar-refractivity contribution in [2.24, 2.45) is 0 Å². The zero-order valence-corrected chi connectivity index (χ0v) is 19.3. The van der Waals surface area contributed by atoms with Crippen LogP contribution in [0.1, 0.15) is 5.56 Å². The average Bonchev–Trinajstić information content (AvgIpc) is 3.33. The molecule has 1 saturated heterocycles. The molecule has 3 aromatic carbocycles. The maximum atomic E-state index is 15.1. The van der Waals surface area contributed by atoms with Crippen molar-refractivity contribution >= 4 is 43.8 Å². The lowest BCUT2D eigenvalue weighted by atomic mass is 10.0. The fourth-order valence-electron chi connectivity index (χ4n) is 4.42. The molecule has 34 heavy (non-hydrogen) atoms. The number of halogens is 1. The normalized spacial score (nSPS) is 14.6. The Hall–Kier alpha value is -3.39. The number of hydrogen-bond donors (Lipinski definition) is 1. The van der Waals surface area contributed by atoms with Crippen molar-refractivity contribution in [1.29, 1.82) is 0 Å². The van der Waals surface area contributed by atoms with Crippen LogP contribution in [-0.4, -0.2) is 41.2 Å². The van der Waals surface area contributed by atoms with Gasteiger partial charge in [0.2, 0.25) is 0 Å². The first-order valence-corrected chi connectivity index (χ1v) is 12.2. The number of aromatic nitrogens is 2. The summed E-state index contributed by atoms with van der Waals surface area (Å²) < 4.78 is 21.6. The fourth-order valence-corrected chi connectivity index (χ4v) is 5.08. The number of fused-ring (bicyclic) bond motifs is 2. The van der Waals surface area contributed by atoms with Crippen molar-refractivity contribution in [3.63, 3.8) is 0 Å². The number of nitrogens with one attached hydrogen (secondary N) is 1. The fraction of sp³-hybridized carbons (Fsp3) is 0.185. The molecular formula is C27H23FN4OS. The minimum atomic E-state index is -0.212. The second-order valence-electron chi connectivity index (χ2n) is 8.45. The standard InChI is InChI=1S/C27H23FN4OS/c28-23-13-18(16-32-9-11-33-12-10-32)1-4-21(23)19-2-5-22-24(7-8-29-25(22)14-19)31-20-3-6-27-26(15-20)30-17-34-27/h1-8,13-15,17H,9-12,16H2,(H,29,31). The van der Waals surface area contributed by atoms with E-state index in [4.69, 9.17) is 4.74 Å². The molecule has 0 unspecified atom stereocenters. The van der Waals surface area contributed by atoms with Gasteiger partial charge in [0.1, 0.15) is 5.82 Å². The van der Waals surface area contributed by atoms with Gasteiger partial charge in [-0.1, -0.05) is 24.3 Å². The van der Waals surface area contributed by atoms with E-state index in [1.165, 1.54) is 0 Å². The summed E-state index contributed by atoms with van der Waals surface area (Å²) in [6.07, 6.45) is 1.78. The van der Waals surface area contributed by atoms with Crippen LogP contribution >= 0.6 is 11.3 Å². The van der Waals surface area contributed by atoms with E-state index in [1.54, 1.807) is 23.6 Å². The number of anilines is 2. The van der Waals surface area contributed by atoms with Gasteiger partial charge in [0.05, 0.1) is 34.5 Å². The number of thiazole rings is 1. The molecule has 0 bridgehead atoms. The molecule has 0 aliphatic carbocycles. The predicted molar refractivity (Wildman–Crippen MR) is 136 cm³/mol. The molecule has 5 aromatic rings. The monoisotopic (exact) mass is 470 g/mol. The van der Waals surface area contributed by atoms with Gasteiger partial charge >= 0.3 is 0 Å². The quantitative estimate of drug-likeness (QED) is 0.330. The Bertz CT molecular complexity index is 1480. The van der Waals surface area contributed by atoms with Gasteiger partial charge in [-0.15, -0.1) is 11.3 Å². The van der Waals surface area contributed by atoms with Gasteiger partial charge in [-0.25, -0.2) is 9.37 Å². The third-order valence-corrected chi connectivity index (χ3v) is 7.02. The molecule has 1 aliphatic heterocycles. The van der Waals surface area contributed by atoms with Crippen molar-refractivity contribution in [1.82, 2.24) is 14.9 Å². The molecule has 2 aromatic heterocycles. The highest BCUT2D eigenvalue weighted by molar-refractivity contribution is 7.16. The zero-order valence-electron chi connectivity index (χ0n) is 18.5. The zero-order chi connectivity index (χ0) is 22.9. The van der Waals surface area contributed by atoms with Crippen LogP contribution < -0.4 is 5.32 Å². The smallest absolute Gasteiger partial charge is 0.131 e. The summed E-state index contributed by atoms with van der Waals surface area (Å²) in [7, 11) is 0. The van der Waals surface area contributed by atoms with Crippen LogP contribution in [0.15, 0.2) is 72.4 Å². The second kappa shape index (κ2) is 9.10. The van der Waals surface area contributed by atoms with Gasteiger partial charge in [-0.05, 0) is 47.5 Å². The molecule has 0 saturated carbocycles. The first-order valence-electron chi connectivity index (χ1n) is 11.3. The topological polar surface area (TPSA) is 50.3 Å². The summed E-state index contributed by atoms with van der Waals surface area (Å²) >= 11 is 1.63. The lowest BCUT2D eigenvalue weighted by Crippen LogP contribution is -2.35. The van der Waals surface area contributed by atoms with Crippen molar-refractivity contribution < 1.29 is 9.13 Å². The summed E-state index contributed by atoms with van der Waals surface area (Å²) in [5.41, 5.74) is 7.94. The molecule has 6 rings (SSSR count). The number of rotatable bonds is 5. The summed E-state index contributed by atoms with van der Waals surface area (Å²) in [4.78, 5) is 11.2. The van der Waals surface area contributed by atoms with Crippen LogP contribution in [0.5, 0.6) is 0 Å². The Morgan fingerprint density at radius 1 is 0.941 bits per heavy atom. The van der Waals surface area contributed by atoms with E-state index in [-0.39, 0.29) is 5.82 Å². The molecule has 1 fully saturated rings. The number of hydrogen-bond acceptors (Lipinski definition) is 6. The maximum Gasteiger partial charge on any atom is 0.131 e. The minimum absolute atomic E-state index is 0.212. The summed E-state index contributed by atoms with van der Waals surface area (Å²) in [6, 6.07) is 19.6. The predicted octanol–water partition coefficient (Wildman–Crippen LogP) is 6.23. The van der Waals surface area contributed by atoms with Crippen molar-refractivity contribution in [2.45, 2.75) is 6.54 Å². The van der Waals surface area contributed by atoms with Gasteiger partial charge in [0.15, 0.2) is 0 Å². The minimum Gasteiger partial charge on any atom is -0.379 e. The maximum absolute atomic E-state index is 15.1. The third-order valence-electron chi connectivity index (χ3n) is 6.21. The van der Waals surface area contributed by atoms with Gasteiger partial charge in [-0.3, -0.25) is 9.88 Å². The van der Waals surface area contributed by atoms with Gasteiger partial charge in [-0.2, -0.15) is 0 Å². The number of benzene rings is 3. The molecule has 0 spiro atoms. The molecule has 0 atom stereocenters. The van der Waals surface area contributed by atoms with E-state index >= 15 is 4.39 Å². The Kier molecular flexibility index (Phi) is 5.66. The largest absolute Gasteiger partial charge is 0.379 e. The van der Waals surface area contributed by atoms with E-state index < -0.39 is 0 Å². The molecule has 0 radical (unpaired) electrons. The van der Waals surface area contributed by atoms with Crippen molar-refractivity contribution in [3.05, 3.63) is 83.8 Å². The highest BCUT2D eigenvalue weighted by Crippen LogP contribution is 2.32. The lowest BCUT2D eigenvalue weighted by molar-refractivity contribution is 0.0341. The molecule has 1 N–H and O–H groups in total. The van der Waals surface area contributed by atoms with Gasteiger partial charge in [0.25, 0.3) is 0 Å². The van der Waals surface area contributed by atoms with E-state index in [0.717, 1.165) is 76.5 Å². The third kappa shape index (κ3) is 4.25.